The molecule has 0 aliphatic carbocycles. The maximum atomic E-state index is 13.6. The molecule has 0 atom stereocenters. The average molecular weight is 542 g/mol. The van der Waals surface area contributed by atoms with Gasteiger partial charge in [-0.25, -0.2) is 9.97 Å². The topological polar surface area (TPSA) is 98.6 Å². The second-order valence-corrected chi connectivity index (χ2v) is 11.1. The maximum absolute atomic E-state index is 13.6. The van der Waals surface area contributed by atoms with Crippen LogP contribution in [0.3, 0.4) is 0 Å². The molecule has 0 saturated carbocycles. The summed E-state index contributed by atoms with van der Waals surface area (Å²) in [5, 5.41) is 3.01. The number of hydrogen-bond donors (Lipinski definition) is 2. The van der Waals surface area contributed by atoms with Gasteiger partial charge in [-0.15, -0.1) is 0 Å². The van der Waals surface area contributed by atoms with Crippen LogP contribution in [0.4, 0.5) is 5.82 Å². The highest BCUT2D eigenvalue weighted by atomic mass is 16.2. The van der Waals surface area contributed by atoms with Crippen LogP contribution in [0.25, 0.3) is 16.6 Å². The first-order chi connectivity index (χ1) is 19.2. The molecule has 0 bridgehead atoms. The number of piperazine rings is 1. The third kappa shape index (κ3) is 5.65. The highest BCUT2D eigenvalue weighted by molar-refractivity contribution is 5.95. The number of carbonyl (C=O) groups is 1. The molecule has 4 aromatic heterocycles. The van der Waals surface area contributed by atoms with Gasteiger partial charge in [0.1, 0.15) is 17.8 Å². The number of H-pyrrole nitrogens is 1. The first-order valence-electron chi connectivity index (χ1n) is 14.2. The van der Waals surface area contributed by atoms with Gasteiger partial charge >= 0.3 is 0 Å². The zero-order valence-electron chi connectivity index (χ0n) is 24.1. The van der Waals surface area contributed by atoms with E-state index >= 15 is 0 Å². The van der Waals surface area contributed by atoms with Gasteiger partial charge in [-0.3, -0.25) is 14.0 Å². The normalized spacial score (nSPS) is 14.3. The standard InChI is InChI=1S/C31H39N7O2/c1-6-7-22-14-21(4)35-30(39)25(22)18-33-31(40)27-16-24(15-26-29(20(2)3)34-19-38(26)27)23-8-9-28(32-17-23)37-12-10-36(5)11-13-37/h8-9,14-17,19-20H,6-7,10-13,18H2,1-5H3,(H,33,40)(H,35,39). The van der Waals surface area contributed by atoms with Crippen molar-refractivity contribution >= 4 is 17.2 Å². The number of amides is 1. The fourth-order valence-corrected chi connectivity index (χ4v) is 5.41. The number of nitrogens with zero attached hydrogens (tertiary/aromatic N) is 5. The lowest BCUT2D eigenvalue weighted by atomic mass is 10.0. The Hall–Kier alpha value is -3.98. The van der Waals surface area contributed by atoms with Crippen LogP contribution < -0.4 is 15.8 Å². The predicted molar refractivity (Wildman–Crippen MR) is 159 cm³/mol. The predicted octanol–water partition coefficient (Wildman–Crippen LogP) is 4.15. The van der Waals surface area contributed by atoms with Gasteiger partial charge in [0.05, 0.1) is 11.2 Å². The summed E-state index contributed by atoms with van der Waals surface area (Å²) in [5.41, 5.74) is 6.37. The van der Waals surface area contributed by atoms with Gasteiger partial charge < -0.3 is 20.1 Å². The fraction of sp³-hybridized carbons (Fsp3) is 0.419. The summed E-state index contributed by atoms with van der Waals surface area (Å²) >= 11 is 0. The van der Waals surface area contributed by atoms with Crippen molar-refractivity contribution in [3.8, 4) is 11.1 Å². The zero-order valence-corrected chi connectivity index (χ0v) is 24.1. The summed E-state index contributed by atoms with van der Waals surface area (Å²) < 4.78 is 1.84. The Kier molecular flexibility index (Phi) is 8.02. The molecule has 0 radical (unpaired) electrons. The molecular weight excluding hydrogens is 502 g/mol. The van der Waals surface area contributed by atoms with Gasteiger partial charge in [0, 0.05) is 55.7 Å². The SMILES string of the molecule is CCCc1cc(C)[nH]c(=O)c1CNC(=O)c1cc(-c2ccc(N3CCN(C)CC3)nc2)cc2c(C(C)C)ncn12. The molecule has 5 heterocycles. The van der Waals surface area contributed by atoms with E-state index < -0.39 is 0 Å². The molecule has 9 heteroatoms. The summed E-state index contributed by atoms with van der Waals surface area (Å²) in [6.45, 7) is 12.3. The van der Waals surface area contributed by atoms with E-state index in [1.807, 2.05) is 29.7 Å². The summed E-state index contributed by atoms with van der Waals surface area (Å²) in [5.74, 6) is 0.898. The summed E-state index contributed by atoms with van der Waals surface area (Å²) in [4.78, 5) is 43.3. The van der Waals surface area contributed by atoms with E-state index in [4.69, 9.17) is 4.98 Å². The highest BCUT2D eigenvalue weighted by Crippen LogP contribution is 2.28. The van der Waals surface area contributed by atoms with Gasteiger partial charge in [0.2, 0.25) is 0 Å². The van der Waals surface area contributed by atoms with E-state index in [-0.39, 0.29) is 23.9 Å². The van der Waals surface area contributed by atoms with E-state index in [0.717, 1.165) is 78.4 Å². The van der Waals surface area contributed by atoms with Gasteiger partial charge in [-0.2, -0.15) is 0 Å². The van der Waals surface area contributed by atoms with E-state index in [9.17, 15) is 9.59 Å². The molecule has 210 valence electrons. The van der Waals surface area contributed by atoms with E-state index in [1.54, 1.807) is 6.33 Å². The van der Waals surface area contributed by atoms with Crippen molar-refractivity contribution in [1.29, 1.82) is 0 Å². The molecule has 1 aliphatic rings. The smallest absolute Gasteiger partial charge is 0.268 e. The second kappa shape index (κ2) is 11.6. The van der Waals surface area contributed by atoms with Crippen LogP contribution in [0.5, 0.6) is 0 Å². The third-order valence-corrected chi connectivity index (χ3v) is 7.67. The molecule has 1 amide bonds. The molecule has 2 N–H and O–H groups in total. The Labute approximate surface area is 235 Å². The lowest BCUT2D eigenvalue weighted by Crippen LogP contribution is -2.44. The van der Waals surface area contributed by atoms with Gasteiger partial charge in [-0.05, 0) is 67.8 Å². The van der Waals surface area contributed by atoms with Gasteiger partial charge in [0.25, 0.3) is 11.5 Å². The van der Waals surface area contributed by atoms with Crippen molar-refractivity contribution in [1.82, 2.24) is 29.6 Å². The summed E-state index contributed by atoms with van der Waals surface area (Å²) in [6.07, 6.45) is 5.29. The lowest BCUT2D eigenvalue weighted by Gasteiger charge is -2.33. The summed E-state index contributed by atoms with van der Waals surface area (Å²) in [6, 6.07) is 10.1. The first-order valence-corrected chi connectivity index (χ1v) is 14.2. The number of hydrogen-bond acceptors (Lipinski definition) is 6. The van der Waals surface area contributed by atoms with Crippen molar-refractivity contribution in [3.63, 3.8) is 0 Å². The molecule has 1 aliphatic heterocycles. The van der Waals surface area contributed by atoms with E-state index in [0.29, 0.717) is 11.3 Å². The van der Waals surface area contributed by atoms with Crippen LogP contribution in [0.15, 0.2) is 47.7 Å². The Morgan fingerprint density at radius 1 is 1.07 bits per heavy atom. The van der Waals surface area contributed by atoms with Crippen LogP contribution in [0, 0.1) is 6.92 Å². The average Bonchev–Trinajstić information content (AvgIpc) is 3.37. The molecule has 9 nitrogen and oxygen atoms in total. The van der Waals surface area contributed by atoms with Crippen molar-refractivity contribution in [2.24, 2.45) is 0 Å². The van der Waals surface area contributed by atoms with Crippen LogP contribution in [-0.4, -0.2) is 63.4 Å². The quantitative estimate of drug-likeness (QED) is 0.348. The Morgan fingerprint density at radius 3 is 2.52 bits per heavy atom. The van der Waals surface area contributed by atoms with Gasteiger partial charge in [0.15, 0.2) is 0 Å². The first kappa shape index (κ1) is 27.6. The number of aryl methyl sites for hydroxylation is 2. The maximum Gasteiger partial charge on any atom is 0.268 e. The van der Waals surface area contributed by atoms with E-state index in [1.165, 1.54) is 0 Å². The number of likely N-dealkylation sites (N-methyl/N-ethyl adjacent to an activating group) is 1. The lowest BCUT2D eigenvalue weighted by molar-refractivity contribution is 0.0944. The number of rotatable bonds is 8. The Bertz CT molecular complexity index is 1560. The number of pyridine rings is 3. The van der Waals surface area contributed by atoms with Crippen molar-refractivity contribution in [2.45, 2.75) is 53.0 Å². The zero-order chi connectivity index (χ0) is 28.4. The van der Waals surface area contributed by atoms with Crippen LogP contribution in [0.1, 0.15) is 66.1 Å². The molecule has 1 fully saturated rings. The molecule has 40 heavy (non-hydrogen) atoms. The number of anilines is 1. The fourth-order valence-electron chi connectivity index (χ4n) is 5.41. The molecular formula is C31H39N7O2. The van der Waals surface area contributed by atoms with Crippen molar-refractivity contribution in [3.05, 3.63) is 81.4 Å². The largest absolute Gasteiger partial charge is 0.354 e. The minimum absolute atomic E-state index is 0.154. The number of fused-ring (bicyclic) bond motifs is 1. The molecule has 1 saturated heterocycles. The molecule has 0 spiro atoms. The van der Waals surface area contributed by atoms with E-state index in [2.05, 4.69) is 71.1 Å². The van der Waals surface area contributed by atoms with Gasteiger partial charge in [-0.1, -0.05) is 27.2 Å². The molecule has 0 aromatic carbocycles. The van der Waals surface area contributed by atoms with Crippen LogP contribution >= 0.6 is 0 Å². The van der Waals surface area contributed by atoms with Crippen molar-refractivity contribution in [2.75, 3.05) is 38.1 Å². The second-order valence-electron chi connectivity index (χ2n) is 11.1. The van der Waals surface area contributed by atoms with Crippen LogP contribution in [-0.2, 0) is 13.0 Å². The Balaban J connectivity index is 1.47. The highest BCUT2D eigenvalue weighted by Gasteiger charge is 2.20. The molecule has 4 aromatic rings. The molecule has 0 unspecified atom stereocenters. The van der Waals surface area contributed by atoms with Crippen LogP contribution in [0.2, 0.25) is 0 Å². The Morgan fingerprint density at radius 2 is 1.85 bits per heavy atom. The monoisotopic (exact) mass is 541 g/mol. The number of carbonyl (C=O) groups excluding carboxylic acids is 1. The molecule has 5 rings (SSSR count). The minimum Gasteiger partial charge on any atom is -0.354 e. The number of nitrogens with one attached hydrogen (secondary N) is 2. The number of aromatic nitrogens is 4. The number of aromatic amines is 1. The van der Waals surface area contributed by atoms with Crippen molar-refractivity contribution < 1.29 is 4.79 Å². The minimum atomic E-state index is -0.260. The summed E-state index contributed by atoms with van der Waals surface area (Å²) in [7, 11) is 2.14. The number of imidazole rings is 1. The third-order valence-electron chi connectivity index (χ3n) is 7.67.